The van der Waals surface area contributed by atoms with Crippen LogP contribution < -0.4 is 4.90 Å². The van der Waals surface area contributed by atoms with E-state index in [1.807, 2.05) is 19.9 Å². The van der Waals surface area contributed by atoms with Crippen LogP contribution in [0.5, 0.6) is 0 Å². The maximum Gasteiger partial charge on any atom is 0.157 e. The first-order valence-corrected chi connectivity index (χ1v) is 6.79. The van der Waals surface area contributed by atoms with Crippen molar-refractivity contribution >= 4 is 27.4 Å². The van der Waals surface area contributed by atoms with Crippen LogP contribution in [0.4, 0.5) is 5.69 Å². The van der Waals surface area contributed by atoms with Crippen LogP contribution in [0, 0.1) is 6.92 Å². The van der Waals surface area contributed by atoms with Crippen LogP contribution in [0.3, 0.4) is 0 Å². The fourth-order valence-corrected chi connectivity index (χ4v) is 2.95. The van der Waals surface area contributed by atoms with Gasteiger partial charge in [0.15, 0.2) is 5.78 Å². The summed E-state index contributed by atoms with van der Waals surface area (Å²) in [5, 5.41) is 0. The van der Waals surface area contributed by atoms with Gasteiger partial charge >= 0.3 is 0 Å². The number of Topliss-reactive ketones (excluding diaryl/α,β-unsaturated/α-hetero) is 1. The van der Waals surface area contributed by atoms with Gasteiger partial charge in [0.2, 0.25) is 0 Å². The number of halogens is 1. The highest BCUT2D eigenvalue weighted by Gasteiger charge is 2.37. The van der Waals surface area contributed by atoms with Crippen molar-refractivity contribution in [1.29, 1.82) is 0 Å². The van der Waals surface area contributed by atoms with Crippen LogP contribution in [-0.4, -0.2) is 17.9 Å². The maximum absolute atomic E-state index is 12.0. The molecule has 92 valence electrons. The van der Waals surface area contributed by atoms with Gasteiger partial charge in [-0.2, -0.15) is 0 Å². The van der Waals surface area contributed by atoms with E-state index in [9.17, 15) is 4.79 Å². The van der Waals surface area contributed by atoms with Crippen LogP contribution in [0.25, 0.3) is 0 Å². The molecular formula is C14H18BrNO. The van der Waals surface area contributed by atoms with E-state index < -0.39 is 0 Å². The third-order valence-corrected chi connectivity index (χ3v) is 4.09. The molecule has 0 radical (unpaired) electrons. The summed E-state index contributed by atoms with van der Waals surface area (Å²) in [6, 6.07) is 6.24. The van der Waals surface area contributed by atoms with Crippen LogP contribution in [-0.2, 0) is 4.79 Å². The first-order chi connectivity index (χ1) is 7.93. The number of rotatable bonds is 1. The molecule has 2 rings (SSSR count). The minimum atomic E-state index is -0.378. The fraction of sp³-hybridized carbons (Fsp3) is 0.500. The van der Waals surface area contributed by atoms with E-state index in [1.54, 1.807) is 0 Å². The van der Waals surface area contributed by atoms with Crippen LogP contribution in [0.1, 0.15) is 32.3 Å². The van der Waals surface area contributed by atoms with Crippen molar-refractivity contribution in [2.45, 2.75) is 39.2 Å². The second kappa shape index (κ2) is 4.45. The molecular weight excluding hydrogens is 278 g/mol. The highest BCUT2D eigenvalue weighted by Crippen LogP contribution is 2.33. The molecule has 0 aromatic heterocycles. The summed E-state index contributed by atoms with van der Waals surface area (Å²) in [6.45, 7) is 7.10. The summed E-state index contributed by atoms with van der Waals surface area (Å²) in [5.41, 5.74) is 2.00. The Bertz CT molecular complexity index is 454. The SMILES string of the molecule is Cc1cc(Br)ccc1N1CCCC(=O)C1(C)C. The monoisotopic (exact) mass is 295 g/mol. The zero-order chi connectivity index (χ0) is 12.6. The van der Waals surface area contributed by atoms with E-state index in [4.69, 9.17) is 0 Å². The molecule has 0 N–H and O–H groups in total. The Hall–Kier alpha value is -0.830. The molecule has 0 aliphatic carbocycles. The third kappa shape index (κ3) is 2.25. The van der Waals surface area contributed by atoms with Crippen LogP contribution in [0.2, 0.25) is 0 Å². The minimum Gasteiger partial charge on any atom is -0.359 e. The second-order valence-electron chi connectivity index (χ2n) is 5.17. The summed E-state index contributed by atoms with van der Waals surface area (Å²) in [6.07, 6.45) is 1.66. The minimum absolute atomic E-state index is 0.339. The molecule has 0 unspecified atom stereocenters. The molecule has 2 nitrogen and oxygen atoms in total. The Labute approximate surface area is 111 Å². The summed E-state index contributed by atoms with van der Waals surface area (Å²) >= 11 is 3.48. The smallest absolute Gasteiger partial charge is 0.157 e. The zero-order valence-corrected chi connectivity index (χ0v) is 12.2. The maximum atomic E-state index is 12.0. The number of hydrogen-bond donors (Lipinski definition) is 0. The van der Waals surface area contributed by atoms with Gasteiger partial charge in [-0.05, 0) is 51.0 Å². The van der Waals surface area contributed by atoms with E-state index in [0.29, 0.717) is 12.2 Å². The molecule has 1 heterocycles. The molecule has 1 aliphatic rings. The summed E-state index contributed by atoms with van der Waals surface area (Å²) in [5.74, 6) is 0.339. The molecule has 1 aliphatic heterocycles. The van der Waals surface area contributed by atoms with Gasteiger partial charge in [0.05, 0.1) is 5.54 Å². The number of hydrogen-bond acceptors (Lipinski definition) is 2. The highest BCUT2D eigenvalue weighted by atomic mass is 79.9. The zero-order valence-electron chi connectivity index (χ0n) is 10.6. The van der Waals surface area contributed by atoms with Crippen LogP contribution >= 0.6 is 15.9 Å². The first kappa shape index (κ1) is 12.6. The number of piperidine rings is 1. The Morgan fingerprint density at radius 1 is 1.35 bits per heavy atom. The summed E-state index contributed by atoms with van der Waals surface area (Å²) < 4.78 is 1.08. The van der Waals surface area contributed by atoms with Crippen molar-refractivity contribution in [2.75, 3.05) is 11.4 Å². The fourth-order valence-electron chi connectivity index (χ4n) is 2.48. The summed E-state index contributed by atoms with van der Waals surface area (Å²) in [7, 11) is 0. The molecule has 0 bridgehead atoms. The average Bonchev–Trinajstić information content (AvgIpc) is 2.23. The molecule has 1 aromatic carbocycles. The topological polar surface area (TPSA) is 20.3 Å². The standard InChI is InChI=1S/C14H18BrNO/c1-10-9-11(15)6-7-12(10)16-8-4-5-13(17)14(16,2)3/h6-7,9H,4-5,8H2,1-3H3. The van der Waals surface area contributed by atoms with Crippen molar-refractivity contribution in [3.63, 3.8) is 0 Å². The van der Waals surface area contributed by atoms with Gasteiger partial charge in [-0.25, -0.2) is 0 Å². The molecule has 1 saturated heterocycles. The lowest BCUT2D eigenvalue weighted by molar-refractivity contribution is -0.124. The Morgan fingerprint density at radius 2 is 2.06 bits per heavy atom. The van der Waals surface area contributed by atoms with Gasteiger partial charge in [-0.3, -0.25) is 4.79 Å². The molecule has 17 heavy (non-hydrogen) atoms. The molecule has 3 heteroatoms. The summed E-state index contributed by atoms with van der Waals surface area (Å²) in [4.78, 5) is 14.3. The molecule has 0 atom stereocenters. The Balaban J connectivity index is 2.41. The third-order valence-electron chi connectivity index (χ3n) is 3.59. The van der Waals surface area contributed by atoms with Gasteiger partial charge in [-0.15, -0.1) is 0 Å². The predicted octanol–water partition coefficient (Wildman–Crippen LogP) is 3.71. The molecule has 0 saturated carbocycles. The lowest BCUT2D eigenvalue weighted by Crippen LogP contribution is -2.54. The van der Waals surface area contributed by atoms with E-state index >= 15 is 0 Å². The van der Waals surface area contributed by atoms with Gasteiger partial charge in [0.1, 0.15) is 0 Å². The van der Waals surface area contributed by atoms with Crippen molar-refractivity contribution < 1.29 is 4.79 Å². The predicted molar refractivity (Wildman–Crippen MR) is 74.5 cm³/mol. The lowest BCUT2D eigenvalue weighted by Gasteiger charge is -2.43. The van der Waals surface area contributed by atoms with Gasteiger partial charge in [-0.1, -0.05) is 15.9 Å². The van der Waals surface area contributed by atoms with E-state index in [1.165, 1.54) is 11.3 Å². The molecule has 1 aromatic rings. The highest BCUT2D eigenvalue weighted by molar-refractivity contribution is 9.10. The van der Waals surface area contributed by atoms with Gasteiger partial charge in [0.25, 0.3) is 0 Å². The molecule has 0 amide bonds. The van der Waals surface area contributed by atoms with Crippen molar-refractivity contribution in [3.05, 3.63) is 28.2 Å². The normalized spacial score (nSPS) is 19.5. The molecule has 1 fully saturated rings. The number of carbonyl (C=O) groups excluding carboxylic acids is 1. The van der Waals surface area contributed by atoms with Gasteiger partial charge < -0.3 is 4.90 Å². The number of anilines is 1. The van der Waals surface area contributed by atoms with Crippen molar-refractivity contribution in [2.24, 2.45) is 0 Å². The Kier molecular flexibility index (Phi) is 3.30. The number of benzene rings is 1. The van der Waals surface area contributed by atoms with E-state index in [-0.39, 0.29) is 5.54 Å². The van der Waals surface area contributed by atoms with Crippen molar-refractivity contribution in [3.8, 4) is 0 Å². The number of nitrogens with zero attached hydrogens (tertiary/aromatic N) is 1. The largest absolute Gasteiger partial charge is 0.359 e. The van der Waals surface area contributed by atoms with Crippen molar-refractivity contribution in [1.82, 2.24) is 0 Å². The van der Waals surface area contributed by atoms with Crippen LogP contribution in [0.15, 0.2) is 22.7 Å². The average molecular weight is 296 g/mol. The van der Waals surface area contributed by atoms with E-state index in [0.717, 1.165) is 17.4 Å². The van der Waals surface area contributed by atoms with E-state index in [2.05, 4.69) is 39.9 Å². The number of carbonyl (C=O) groups is 1. The lowest BCUT2D eigenvalue weighted by atomic mass is 9.88. The Morgan fingerprint density at radius 3 is 2.71 bits per heavy atom. The number of ketones is 1. The quantitative estimate of drug-likeness (QED) is 0.787. The number of aryl methyl sites for hydroxylation is 1. The molecule has 0 spiro atoms. The second-order valence-corrected chi connectivity index (χ2v) is 6.08. The first-order valence-electron chi connectivity index (χ1n) is 6.00. The van der Waals surface area contributed by atoms with Gasteiger partial charge in [0, 0.05) is 23.1 Å².